The summed E-state index contributed by atoms with van der Waals surface area (Å²) >= 11 is 0. The SMILES string of the molecule is CC(C)C(=O)O[C@H]1[C@H](c2ccc3c(N)ccnn23)O[C@](C#N)(COP(=O)(N[C@@H](C)C(=O)OCC(C)(C)O)Oc2ccccc2)[C@H]1OC(=O)C(C)C. The van der Waals surface area contributed by atoms with E-state index in [0.29, 0.717) is 16.9 Å². The number of aliphatic hydroxyl groups is 1. The number of nitrogen functional groups attached to an aromatic ring is 1. The molecule has 1 unspecified atom stereocenters. The van der Waals surface area contributed by atoms with Gasteiger partial charge in [0.2, 0.25) is 5.60 Å². The van der Waals surface area contributed by atoms with Crippen molar-refractivity contribution >= 4 is 36.9 Å². The van der Waals surface area contributed by atoms with Gasteiger partial charge in [-0.25, -0.2) is 9.08 Å². The van der Waals surface area contributed by atoms with Crippen LogP contribution in [-0.2, 0) is 42.4 Å². The van der Waals surface area contributed by atoms with Gasteiger partial charge in [0.15, 0.2) is 12.2 Å². The highest BCUT2D eigenvalue weighted by Crippen LogP contribution is 2.50. The molecule has 17 heteroatoms. The van der Waals surface area contributed by atoms with Gasteiger partial charge in [-0.15, -0.1) is 0 Å². The maximum atomic E-state index is 14.4. The number of carbonyl (C=O) groups is 3. The van der Waals surface area contributed by atoms with E-state index in [0.717, 1.165) is 0 Å². The number of esters is 3. The van der Waals surface area contributed by atoms with E-state index in [1.807, 2.05) is 6.07 Å². The van der Waals surface area contributed by atoms with Gasteiger partial charge in [-0.2, -0.15) is 15.4 Å². The third kappa shape index (κ3) is 9.43. The lowest BCUT2D eigenvalue weighted by Gasteiger charge is -2.31. The number of ether oxygens (including phenoxy) is 4. The summed E-state index contributed by atoms with van der Waals surface area (Å²) in [7, 11) is -4.62. The highest BCUT2D eigenvalue weighted by Gasteiger charge is 2.62. The largest absolute Gasteiger partial charge is 0.461 e. The Hall–Kier alpha value is -4.52. The molecule has 6 atom stereocenters. The van der Waals surface area contributed by atoms with Crippen LogP contribution in [0.2, 0.25) is 0 Å². The number of hydrogen-bond donors (Lipinski definition) is 3. The molecule has 0 amide bonds. The lowest BCUT2D eigenvalue weighted by Crippen LogP contribution is -2.50. The van der Waals surface area contributed by atoms with E-state index >= 15 is 0 Å². The van der Waals surface area contributed by atoms with Crippen LogP contribution in [0.25, 0.3) is 5.52 Å². The van der Waals surface area contributed by atoms with E-state index in [-0.39, 0.29) is 12.4 Å². The van der Waals surface area contributed by atoms with E-state index in [4.69, 9.17) is 33.7 Å². The number of nitriles is 1. The Labute approximate surface area is 295 Å². The van der Waals surface area contributed by atoms with Crippen LogP contribution in [0.15, 0.2) is 54.7 Å². The topological polar surface area (TPSA) is 223 Å². The lowest BCUT2D eigenvalue weighted by molar-refractivity contribution is -0.173. The fourth-order valence-electron chi connectivity index (χ4n) is 4.90. The minimum absolute atomic E-state index is 0.0801. The maximum Gasteiger partial charge on any atom is 0.459 e. The average molecular weight is 730 g/mol. The second-order valence-electron chi connectivity index (χ2n) is 13.4. The lowest BCUT2D eigenvalue weighted by atomic mass is 9.95. The molecule has 0 bridgehead atoms. The number of fused-ring (bicyclic) bond motifs is 1. The second-order valence-corrected chi connectivity index (χ2v) is 15.1. The van der Waals surface area contributed by atoms with Crippen molar-refractivity contribution in [3.05, 3.63) is 60.4 Å². The zero-order valence-electron chi connectivity index (χ0n) is 29.5. The number of anilines is 1. The monoisotopic (exact) mass is 729 g/mol. The van der Waals surface area contributed by atoms with Crippen LogP contribution in [0, 0.1) is 23.2 Å². The zero-order chi connectivity index (χ0) is 37.7. The molecule has 2 aromatic heterocycles. The molecule has 51 heavy (non-hydrogen) atoms. The Kier molecular flexibility index (Phi) is 12.2. The summed E-state index contributed by atoms with van der Waals surface area (Å²) in [6.07, 6.45) is -2.89. The van der Waals surface area contributed by atoms with Gasteiger partial charge >= 0.3 is 25.7 Å². The summed E-state index contributed by atoms with van der Waals surface area (Å²) in [5, 5.41) is 27.7. The molecule has 1 aliphatic heterocycles. The predicted molar refractivity (Wildman–Crippen MR) is 182 cm³/mol. The molecule has 1 aliphatic rings. The second kappa shape index (κ2) is 15.8. The van der Waals surface area contributed by atoms with Crippen LogP contribution >= 0.6 is 7.75 Å². The quantitative estimate of drug-likeness (QED) is 0.115. The summed E-state index contributed by atoms with van der Waals surface area (Å²) in [4.78, 5) is 39.1. The van der Waals surface area contributed by atoms with Gasteiger partial charge in [0.25, 0.3) is 0 Å². The molecular formula is C34H44N5O11P. The van der Waals surface area contributed by atoms with Crippen molar-refractivity contribution in [3.8, 4) is 11.8 Å². The first-order valence-electron chi connectivity index (χ1n) is 16.3. The number of carbonyl (C=O) groups excluding carboxylic acids is 3. The highest BCUT2D eigenvalue weighted by atomic mass is 31.2. The first-order chi connectivity index (χ1) is 23.9. The Bertz CT molecular complexity index is 1800. The van der Waals surface area contributed by atoms with Crippen molar-refractivity contribution in [2.24, 2.45) is 11.8 Å². The molecule has 276 valence electrons. The molecule has 4 rings (SSSR count). The zero-order valence-corrected chi connectivity index (χ0v) is 30.4. The summed E-state index contributed by atoms with van der Waals surface area (Å²) in [5.74, 6) is -3.54. The van der Waals surface area contributed by atoms with Crippen LogP contribution < -0.4 is 15.3 Å². The Morgan fingerprint density at radius 2 is 1.71 bits per heavy atom. The number of hydrogen-bond acceptors (Lipinski definition) is 14. The van der Waals surface area contributed by atoms with Crippen LogP contribution in [-0.4, -0.2) is 75.3 Å². The molecule has 1 saturated heterocycles. The number of benzene rings is 1. The van der Waals surface area contributed by atoms with Crippen molar-refractivity contribution in [1.82, 2.24) is 14.7 Å². The van der Waals surface area contributed by atoms with Crippen LogP contribution in [0.5, 0.6) is 5.75 Å². The van der Waals surface area contributed by atoms with E-state index in [1.54, 1.807) is 64.1 Å². The van der Waals surface area contributed by atoms with Gasteiger partial charge in [0, 0.05) is 6.20 Å². The summed E-state index contributed by atoms with van der Waals surface area (Å²) in [5.41, 5.74) is 3.72. The molecule has 16 nitrogen and oxygen atoms in total. The van der Waals surface area contributed by atoms with Gasteiger partial charge in [-0.3, -0.25) is 18.9 Å². The standard InChI is InChI=1S/C34H44N5O11P/c1-20(2)30(40)47-28-27(26-14-13-25-24(36)15-16-37-39(25)26)49-34(17-35,29(28)48-31(41)21(3)4)19-46-51(44,50-23-11-9-8-10-12-23)38-22(5)32(42)45-18-33(6,7)43/h8-16,20-22,27-29,43H,18-19,36H2,1-7H3,(H,38,44)/t22-,27-,28-,29-,34+,51?/m0/s1. The molecule has 0 aliphatic carbocycles. The summed E-state index contributed by atoms with van der Waals surface area (Å²) in [6, 6.07) is 13.5. The third-order valence-electron chi connectivity index (χ3n) is 7.62. The molecule has 0 radical (unpaired) electrons. The molecule has 1 aromatic carbocycles. The van der Waals surface area contributed by atoms with Gasteiger partial charge in [-0.05, 0) is 51.1 Å². The summed E-state index contributed by atoms with van der Waals surface area (Å²) in [6.45, 7) is 9.34. The number of nitrogens with one attached hydrogen (secondary N) is 1. The average Bonchev–Trinajstić information content (AvgIpc) is 3.62. The first-order valence-corrected chi connectivity index (χ1v) is 17.8. The minimum atomic E-state index is -4.62. The van der Waals surface area contributed by atoms with Gasteiger partial charge in [-0.1, -0.05) is 45.9 Å². The van der Waals surface area contributed by atoms with Crippen molar-refractivity contribution in [2.75, 3.05) is 18.9 Å². The number of para-hydroxylation sites is 1. The van der Waals surface area contributed by atoms with E-state index in [2.05, 4.69) is 10.2 Å². The van der Waals surface area contributed by atoms with Crippen LogP contribution in [0.4, 0.5) is 5.69 Å². The van der Waals surface area contributed by atoms with E-state index in [9.17, 15) is 29.3 Å². The van der Waals surface area contributed by atoms with Crippen molar-refractivity contribution in [3.63, 3.8) is 0 Å². The predicted octanol–water partition coefficient (Wildman–Crippen LogP) is 3.88. The van der Waals surface area contributed by atoms with Gasteiger partial charge in [0.1, 0.15) is 37.2 Å². The van der Waals surface area contributed by atoms with Gasteiger partial charge in [0.05, 0.1) is 34.3 Å². The highest BCUT2D eigenvalue weighted by molar-refractivity contribution is 7.52. The fourth-order valence-corrected chi connectivity index (χ4v) is 6.42. The minimum Gasteiger partial charge on any atom is -0.461 e. The molecule has 3 aromatic rings. The molecule has 0 spiro atoms. The van der Waals surface area contributed by atoms with Crippen molar-refractivity contribution in [2.45, 2.75) is 84.0 Å². The van der Waals surface area contributed by atoms with Crippen LogP contribution in [0.1, 0.15) is 60.3 Å². The Balaban J connectivity index is 1.77. The first kappa shape index (κ1) is 39.3. The number of nitrogens with zero attached hydrogens (tertiary/aromatic N) is 3. The van der Waals surface area contributed by atoms with Crippen molar-refractivity contribution in [1.29, 1.82) is 5.26 Å². The smallest absolute Gasteiger partial charge is 0.459 e. The molecule has 1 fully saturated rings. The van der Waals surface area contributed by atoms with E-state index < -0.39 is 79.7 Å². The number of nitrogens with two attached hydrogens (primary N) is 1. The molecule has 4 N–H and O–H groups in total. The van der Waals surface area contributed by atoms with Crippen LogP contribution in [0.3, 0.4) is 0 Å². The summed E-state index contributed by atoms with van der Waals surface area (Å²) < 4.78 is 50.8. The molecule has 3 heterocycles. The van der Waals surface area contributed by atoms with E-state index in [1.165, 1.54) is 43.6 Å². The Morgan fingerprint density at radius 1 is 1.06 bits per heavy atom. The molecule has 0 saturated carbocycles. The van der Waals surface area contributed by atoms with Gasteiger partial charge < -0.3 is 34.3 Å². The normalized spacial score (nSPS) is 22.3. The third-order valence-corrected chi connectivity index (χ3v) is 9.24. The maximum absolute atomic E-state index is 14.4. The Morgan fingerprint density at radius 3 is 2.31 bits per heavy atom. The fraction of sp³-hybridized carbons (Fsp3) is 0.500. The number of rotatable bonds is 15. The number of aromatic nitrogens is 2. The molecular weight excluding hydrogens is 685 g/mol. The van der Waals surface area contributed by atoms with Crippen molar-refractivity contribution < 1.29 is 52.1 Å².